The summed E-state index contributed by atoms with van der Waals surface area (Å²) in [6, 6.07) is 2.68. The molecule has 0 fully saturated rings. The zero-order valence-electron chi connectivity index (χ0n) is 9.89. The summed E-state index contributed by atoms with van der Waals surface area (Å²) in [6.07, 6.45) is -5.19. The van der Waals surface area contributed by atoms with Crippen LogP contribution in [0.2, 0.25) is 0 Å². The molecule has 0 spiro atoms. The summed E-state index contributed by atoms with van der Waals surface area (Å²) in [5, 5.41) is 10.1. The first-order valence-corrected chi connectivity index (χ1v) is 5.86. The molecular weight excluding hydrogens is 350 g/mol. The van der Waals surface area contributed by atoms with E-state index in [1.54, 1.807) is 0 Å². The molecular formula is C11H8BrF4NO3. The summed E-state index contributed by atoms with van der Waals surface area (Å²) >= 11 is 2.81. The molecule has 0 saturated carbocycles. The van der Waals surface area contributed by atoms with Gasteiger partial charge in [-0.2, -0.15) is 13.2 Å². The molecule has 1 rings (SSSR count). The standard InChI is InChI=1S/C11H8BrF4NO3/c1-10(9(19)20,11(14,15)16)17-8(18)6-3-2-5(13)4-7(6)12/h2-4H,1H3,(H,17,18)(H,19,20). The van der Waals surface area contributed by atoms with Crippen LogP contribution in [0.15, 0.2) is 22.7 Å². The van der Waals surface area contributed by atoms with Crippen molar-refractivity contribution in [3.63, 3.8) is 0 Å². The van der Waals surface area contributed by atoms with Crippen molar-refractivity contribution in [1.82, 2.24) is 5.32 Å². The Morgan fingerprint density at radius 3 is 2.25 bits per heavy atom. The molecule has 4 nitrogen and oxygen atoms in total. The highest BCUT2D eigenvalue weighted by Crippen LogP contribution is 2.31. The number of carboxylic acids is 1. The third-order valence-corrected chi connectivity index (χ3v) is 3.19. The Morgan fingerprint density at radius 1 is 1.30 bits per heavy atom. The zero-order valence-corrected chi connectivity index (χ0v) is 11.5. The van der Waals surface area contributed by atoms with E-state index in [-0.39, 0.29) is 10.0 Å². The number of aliphatic carboxylic acids is 1. The summed E-state index contributed by atoms with van der Waals surface area (Å²) in [4.78, 5) is 22.5. The summed E-state index contributed by atoms with van der Waals surface area (Å²) in [5.74, 6) is -4.25. The zero-order chi connectivity index (χ0) is 15.7. The van der Waals surface area contributed by atoms with Crippen molar-refractivity contribution in [2.45, 2.75) is 18.6 Å². The van der Waals surface area contributed by atoms with E-state index in [1.807, 2.05) is 0 Å². The minimum absolute atomic E-state index is 0.0927. The lowest BCUT2D eigenvalue weighted by molar-refractivity contribution is -0.203. The Labute approximate surface area is 118 Å². The molecule has 0 aliphatic carbocycles. The molecule has 0 bridgehead atoms. The largest absolute Gasteiger partial charge is 0.479 e. The first-order valence-electron chi connectivity index (χ1n) is 5.06. The number of benzene rings is 1. The molecule has 1 unspecified atom stereocenters. The van der Waals surface area contributed by atoms with Crippen LogP contribution in [0.5, 0.6) is 0 Å². The molecule has 0 aliphatic rings. The predicted octanol–water partition coefficient (Wildman–Crippen LogP) is 2.72. The molecule has 110 valence electrons. The van der Waals surface area contributed by atoms with Crippen molar-refractivity contribution in [2.24, 2.45) is 0 Å². The van der Waals surface area contributed by atoms with Gasteiger partial charge in [-0.15, -0.1) is 0 Å². The first-order chi connectivity index (χ1) is 8.99. The molecule has 0 aliphatic heterocycles. The molecule has 0 saturated heterocycles. The van der Waals surface area contributed by atoms with Crippen molar-refractivity contribution in [3.8, 4) is 0 Å². The summed E-state index contributed by atoms with van der Waals surface area (Å²) in [6.45, 7) is 0.324. The highest BCUT2D eigenvalue weighted by molar-refractivity contribution is 9.10. The van der Waals surface area contributed by atoms with Crippen LogP contribution in [0.25, 0.3) is 0 Å². The third kappa shape index (κ3) is 3.09. The van der Waals surface area contributed by atoms with Crippen molar-refractivity contribution < 1.29 is 32.3 Å². The second kappa shape index (κ2) is 5.39. The number of amides is 1. The van der Waals surface area contributed by atoms with Crippen molar-refractivity contribution in [2.75, 3.05) is 0 Å². The van der Waals surface area contributed by atoms with Crippen LogP contribution in [-0.2, 0) is 4.79 Å². The van der Waals surface area contributed by atoms with Gasteiger partial charge in [-0.1, -0.05) is 0 Å². The first kappa shape index (κ1) is 16.4. The van der Waals surface area contributed by atoms with E-state index in [2.05, 4.69) is 15.9 Å². The average Bonchev–Trinajstić information content (AvgIpc) is 2.26. The predicted molar refractivity (Wildman–Crippen MR) is 63.7 cm³/mol. The maximum atomic E-state index is 12.8. The van der Waals surface area contributed by atoms with Crippen LogP contribution in [-0.4, -0.2) is 28.7 Å². The number of rotatable bonds is 3. The van der Waals surface area contributed by atoms with Crippen LogP contribution < -0.4 is 5.32 Å². The molecule has 2 N–H and O–H groups in total. The number of hydrogen-bond acceptors (Lipinski definition) is 2. The number of nitrogens with one attached hydrogen (secondary N) is 1. The lowest BCUT2D eigenvalue weighted by Gasteiger charge is -2.28. The molecule has 1 atom stereocenters. The van der Waals surface area contributed by atoms with E-state index < -0.39 is 29.4 Å². The smallest absolute Gasteiger partial charge is 0.422 e. The molecule has 1 aromatic carbocycles. The lowest BCUT2D eigenvalue weighted by Crippen LogP contribution is -2.61. The van der Waals surface area contributed by atoms with Gasteiger partial charge in [0.1, 0.15) is 5.82 Å². The van der Waals surface area contributed by atoms with Gasteiger partial charge in [0, 0.05) is 4.47 Å². The van der Waals surface area contributed by atoms with E-state index >= 15 is 0 Å². The highest BCUT2D eigenvalue weighted by atomic mass is 79.9. The summed E-state index contributed by atoms with van der Waals surface area (Å²) in [7, 11) is 0. The second-order valence-electron chi connectivity index (χ2n) is 4.01. The normalized spacial score (nSPS) is 14.5. The quantitative estimate of drug-likeness (QED) is 0.817. The Bertz CT molecular complexity index is 561. The van der Waals surface area contributed by atoms with Gasteiger partial charge < -0.3 is 10.4 Å². The Hall–Kier alpha value is -1.64. The molecule has 9 heteroatoms. The Balaban J connectivity index is 3.13. The fourth-order valence-electron chi connectivity index (χ4n) is 1.21. The number of carbonyl (C=O) groups excluding carboxylic acids is 1. The topological polar surface area (TPSA) is 66.4 Å². The van der Waals surface area contributed by atoms with Crippen LogP contribution in [0.1, 0.15) is 17.3 Å². The minimum Gasteiger partial charge on any atom is -0.479 e. The van der Waals surface area contributed by atoms with Crippen LogP contribution in [0.3, 0.4) is 0 Å². The van der Waals surface area contributed by atoms with E-state index in [1.165, 1.54) is 5.32 Å². The highest BCUT2D eigenvalue weighted by Gasteiger charge is 2.58. The van der Waals surface area contributed by atoms with Gasteiger partial charge >= 0.3 is 12.1 Å². The van der Waals surface area contributed by atoms with Crippen LogP contribution >= 0.6 is 15.9 Å². The fourth-order valence-corrected chi connectivity index (χ4v) is 1.74. The van der Waals surface area contributed by atoms with Gasteiger partial charge in [0.05, 0.1) is 5.56 Å². The molecule has 0 radical (unpaired) electrons. The van der Waals surface area contributed by atoms with Gasteiger partial charge in [-0.3, -0.25) is 4.79 Å². The number of alkyl halides is 3. The SMILES string of the molecule is CC(NC(=O)c1ccc(F)cc1Br)(C(=O)O)C(F)(F)F. The number of carbonyl (C=O) groups is 2. The average molecular weight is 358 g/mol. The van der Waals surface area contributed by atoms with Crippen LogP contribution in [0, 0.1) is 5.82 Å². The van der Waals surface area contributed by atoms with E-state index in [0.717, 1.165) is 18.2 Å². The number of hydrogen-bond donors (Lipinski definition) is 2. The second-order valence-corrected chi connectivity index (χ2v) is 4.86. The summed E-state index contributed by atoms with van der Waals surface area (Å²) < 4.78 is 50.9. The van der Waals surface area contributed by atoms with Gasteiger partial charge in [-0.25, -0.2) is 9.18 Å². The minimum atomic E-state index is -5.19. The van der Waals surface area contributed by atoms with Gasteiger partial charge in [0.25, 0.3) is 5.91 Å². The summed E-state index contributed by atoms with van der Waals surface area (Å²) in [5.41, 5.74) is -3.76. The Morgan fingerprint density at radius 2 is 1.85 bits per heavy atom. The maximum absolute atomic E-state index is 12.8. The molecule has 0 aromatic heterocycles. The molecule has 20 heavy (non-hydrogen) atoms. The fraction of sp³-hybridized carbons (Fsp3) is 0.273. The maximum Gasteiger partial charge on any atom is 0.422 e. The monoisotopic (exact) mass is 357 g/mol. The third-order valence-electron chi connectivity index (χ3n) is 2.53. The van der Waals surface area contributed by atoms with E-state index in [0.29, 0.717) is 6.92 Å². The Kier molecular flexibility index (Phi) is 4.42. The molecule has 0 heterocycles. The van der Waals surface area contributed by atoms with E-state index in [4.69, 9.17) is 5.11 Å². The number of halogens is 5. The van der Waals surface area contributed by atoms with Crippen molar-refractivity contribution >= 4 is 27.8 Å². The van der Waals surface area contributed by atoms with Crippen LogP contribution in [0.4, 0.5) is 17.6 Å². The van der Waals surface area contributed by atoms with Gasteiger partial charge in [0.15, 0.2) is 0 Å². The van der Waals surface area contributed by atoms with Crippen molar-refractivity contribution in [3.05, 3.63) is 34.1 Å². The van der Waals surface area contributed by atoms with Gasteiger partial charge in [0.2, 0.25) is 5.54 Å². The number of carboxylic acid groups (broad SMARTS) is 1. The van der Waals surface area contributed by atoms with E-state index in [9.17, 15) is 27.2 Å². The van der Waals surface area contributed by atoms with Crippen molar-refractivity contribution in [1.29, 1.82) is 0 Å². The molecule has 1 aromatic rings. The lowest BCUT2D eigenvalue weighted by atomic mass is 10.0. The molecule has 1 amide bonds. The van der Waals surface area contributed by atoms with Gasteiger partial charge in [-0.05, 0) is 41.1 Å².